The van der Waals surface area contributed by atoms with E-state index < -0.39 is 0 Å². The highest BCUT2D eigenvalue weighted by atomic mass is 16.3. The first-order chi connectivity index (χ1) is 11.5. The van der Waals surface area contributed by atoms with Crippen molar-refractivity contribution in [1.82, 2.24) is 5.32 Å². The lowest BCUT2D eigenvalue weighted by Gasteiger charge is -2.16. The molecule has 2 amide bonds. The Morgan fingerprint density at radius 3 is 2.71 bits per heavy atom. The number of carbonyl (C=O) groups is 2. The van der Waals surface area contributed by atoms with Crippen molar-refractivity contribution >= 4 is 17.5 Å². The number of benzene rings is 1. The van der Waals surface area contributed by atoms with Crippen molar-refractivity contribution in [2.24, 2.45) is 17.8 Å². The predicted octanol–water partition coefficient (Wildman–Crippen LogP) is 2.81. The second kappa shape index (κ2) is 8.83. The van der Waals surface area contributed by atoms with E-state index in [-0.39, 0.29) is 24.3 Å². The standard InChI is InChI=1S/C19H28N2O3/c1-3-5-14(8-9-22)12-20-18(23)15-6-4-7-16(11-15)21-19(24)17-10-13(17)2/h4,6-7,11,13-14,17,22H,3,5,8-10,12H2,1-2H3,(H,20,23)(H,21,24). The molecule has 0 saturated heterocycles. The van der Waals surface area contributed by atoms with Gasteiger partial charge in [0.1, 0.15) is 0 Å². The van der Waals surface area contributed by atoms with Crippen LogP contribution in [0.3, 0.4) is 0 Å². The Bertz CT molecular complexity index is 567. The van der Waals surface area contributed by atoms with E-state index in [9.17, 15) is 9.59 Å². The van der Waals surface area contributed by atoms with Crippen molar-refractivity contribution in [3.63, 3.8) is 0 Å². The van der Waals surface area contributed by atoms with Crippen LogP contribution in [-0.2, 0) is 4.79 Å². The summed E-state index contributed by atoms with van der Waals surface area (Å²) in [7, 11) is 0. The Morgan fingerprint density at radius 2 is 2.08 bits per heavy atom. The molecule has 0 aromatic heterocycles. The molecule has 3 atom stereocenters. The fraction of sp³-hybridized carbons (Fsp3) is 0.579. The number of aliphatic hydroxyl groups excluding tert-OH is 1. The summed E-state index contributed by atoms with van der Waals surface area (Å²) in [5.74, 6) is 0.744. The highest BCUT2D eigenvalue weighted by Crippen LogP contribution is 2.38. The van der Waals surface area contributed by atoms with Gasteiger partial charge >= 0.3 is 0 Å². The van der Waals surface area contributed by atoms with Crippen molar-refractivity contribution in [3.8, 4) is 0 Å². The molecule has 1 aliphatic carbocycles. The lowest BCUT2D eigenvalue weighted by Crippen LogP contribution is -2.29. The van der Waals surface area contributed by atoms with Crippen LogP contribution in [0, 0.1) is 17.8 Å². The molecule has 2 rings (SSSR count). The molecular weight excluding hydrogens is 304 g/mol. The molecule has 132 valence electrons. The highest BCUT2D eigenvalue weighted by Gasteiger charge is 2.39. The van der Waals surface area contributed by atoms with Crippen LogP contribution in [0.4, 0.5) is 5.69 Å². The summed E-state index contributed by atoms with van der Waals surface area (Å²) in [4.78, 5) is 24.3. The van der Waals surface area contributed by atoms with Gasteiger partial charge in [-0.25, -0.2) is 0 Å². The summed E-state index contributed by atoms with van der Waals surface area (Å²) in [6.07, 6.45) is 3.65. The smallest absolute Gasteiger partial charge is 0.251 e. The monoisotopic (exact) mass is 332 g/mol. The molecule has 0 heterocycles. The summed E-state index contributed by atoms with van der Waals surface area (Å²) in [6.45, 7) is 4.86. The molecule has 1 aromatic rings. The maximum absolute atomic E-state index is 12.3. The van der Waals surface area contributed by atoms with Gasteiger partial charge in [-0.1, -0.05) is 26.3 Å². The van der Waals surface area contributed by atoms with E-state index in [1.807, 2.05) is 0 Å². The van der Waals surface area contributed by atoms with Crippen LogP contribution in [0.25, 0.3) is 0 Å². The lowest BCUT2D eigenvalue weighted by molar-refractivity contribution is -0.117. The van der Waals surface area contributed by atoms with Crippen molar-refractivity contribution in [1.29, 1.82) is 0 Å². The number of hydrogen-bond acceptors (Lipinski definition) is 3. The zero-order chi connectivity index (χ0) is 17.5. The molecule has 3 N–H and O–H groups in total. The van der Waals surface area contributed by atoms with E-state index in [1.165, 1.54) is 0 Å². The first kappa shape index (κ1) is 18.5. The van der Waals surface area contributed by atoms with E-state index >= 15 is 0 Å². The van der Waals surface area contributed by atoms with Crippen LogP contribution in [0.5, 0.6) is 0 Å². The van der Waals surface area contributed by atoms with Crippen LogP contribution < -0.4 is 10.6 Å². The average Bonchev–Trinajstić information content (AvgIpc) is 3.30. The normalized spacial score (nSPS) is 20.3. The molecule has 1 aliphatic rings. The highest BCUT2D eigenvalue weighted by molar-refractivity contribution is 5.98. The predicted molar refractivity (Wildman–Crippen MR) is 94.8 cm³/mol. The van der Waals surface area contributed by atoms with Gasteiger partial charge in [0.25, 0.3) is 5.91 Å². The second-order valence-electron chi connectivity index (χ2n) is 6.77. The fourth-order valence-corrected chi connectivity index (χ4v) is 2.94. The number of anilines is 1. The Labute approximate surface area is 143 Å². The van der Waals surface area contributed by atoms with Gasteiger partial charge in [0.05, 0.1) is 0 Å². The number of rotatable bonds is 9. The lowest BCUT2D eigenvalue weighted by atomic mass is 10.00. The van der Waals surface area contributed by atoms with E-state index in [0.29, 0.717) is 36.1 Å². The topological polar surface area (TPSA) is 78.4 Å². The van der Waals surface area contributed by atoms with Crippen molar-refractivity contribution in [2.75, 3.05) is 18.5 Å². The Kier molecular flexibility index (Phi) is 6.79. The second-order valence-corrected chi connectivity index (χ2v) is 6.77. The van der Waals surface area contributed by atoms with Crippen LogP contribution in [0.2, 0.25) is 0 Å². The quantitative estimate of drug-likeness (QED) is 0.650. The third-order valence-electron chi connectivity index (χ3n) is 4.62. The van der Waals surface area contributed by atoms with Gasteiger partial charge in [-0.3, -0.25) is 9.59 Å². The Morgan fingerprint density at radius 1 is 1.33 bits per heavy atom. The van der Waals surface area contributed by atoms with Gasteiger partial charge in [0.2, 0.25) is 5.91 Å². The van der Waals surface area contributed by atoms with E-state index in [4.69, 9.17) is 5.11 Å². The maximum Gasteiger partial charge on any atom is 0.251 e. The summed E-state index contributed by atoms with van der Waals surface area (Å²) in [6, 6.07) is 7.03. The van der Waals surface area contributed by atoms with E-state index in [1.54, 1.807) is 24.3 Å². The molecule has 5 nitrogen and oxygen atoms in total. The SMILES string of the molecule is CCCC(CCO)CNC(=O)c1cccc(NC(=O)C2CC2C)c1. The number of carbonyl (C=O) groups excluding carboxylic acids is 2. The van der Waals surface area contributed by atoms with E-state index in [0.717, 1.165) is 19.3 Å². The number of amides is 2. The van der Waals surface area contributed by atoms with Gasteiger partial charge < -0.3 is 15.7 Å². The first-order valence-corrected chi connectivity index (χ1v) is 8.85. The van der Waals surface area contributed by atoms with Gasteiger partial charge in [0, 0.05) is 30.3 Å². The maximum atomic E-state index is 12.3. The molecule has 0 aliphatic heterocycles. The van der Waals surface area contributed by atoms with E-state index in [2.05, 4.69) is 24.5 Å². The molecular formula is C19H28N2O3. The van der Waals surface area contributed by atoms with Crippen LogP contribution in [-0.4, -0.2) is 30.1 Å². The minimum atomic E-state index is -0.148. The van der Waals surface area contributed by atoms with Crippen molar-refractivity contribution < 1.29 is 14.7 Å². The third kappa shape index (κ3) is 5.34. The van der Waals surface area contributed by atoms with Crippen LogP contribution >= 0.6 is 0 Å². The Balaban J connectivity index is 1.89. The summed E-state index contributed by atoms with van der Waals surface area (Å²) < 4.78 is 0. The molecule has 0 spiro atoms. The fourth-order valence-electron chi connectivity index (χ4n) is 2.94. The van der Waals surface area contributed by atoms with Crippen LogP contribution in [0.1, 0.15) is 49.9 Å². The summed E-state index contributed by atoms with van der Waals surface area (Å²) in [5.41, 5.74) is 1.20. The zero-order valence-corrected chi connectivity index (χ0v) is 14.5. The first-order valence-electron chi connectivity index (χ1n) is 8.85. The third-order valence-corrected chi connectivity index (χ3v) is 4.62. The Hall–Kier alpha value is -1.88. The van der Waals surface area contributed by atoms with Gasteiger partial charge in [-0.15, -0.1) is 0 Å². The number of hydrogen-bond donors (Lipinski definition) is 3. The molecule has 0 radical (unpaired) electrons. The van der Waals surface area contributed by atoms with Gasteiger partial charge in [-0.2, -0.15) is 0 Å². The summed E-state index contributed by atoms with van der Waals surface area (Å²) in [5, 5.41) is 14.9. The molecule has 1 fully saturated rings. The number of aliphatic hydroxyl groups is 1. The largest absolute Gasteiger partial charge is 0.396 e. The van der Waals surface area contributed by atoms with Crippen LogP contribution in [0.15, 0.2) is 24.3 Å². The average molecular weight is 332 g/mol. The van der Waals surface area contributed by atoms with Gasteiger partial charge in [0.15, 0.2) is 0 Å². The minimum absolute atomic E-state index is 0.0333. The molecule has 1 saturated carbocycles. The van der Waals surface area contributed by atoms with Gasteiger partial charge in [-0.05, 0) is 49.3 Å². The molecule has 1 aromatic carbocycles. The number of nitrogens with one attached hydrogen (secondary N) is 2. The molecule has 0 bridgehead atoms. The minimum Gasteiger partial charge on any atom is -0.396 e. The van der Waals surface area contributed by atoms with Crippen molar-refractivity contribution in [2.45, 2.75) is 39.5 Å². The molecule has 24 heavy (non-hydrogen) atoms. The van der Waals surface area contributed by atoms with Crippen molar-refractivity contribution in [3.05, 3.63) is 29.8 Å². The summed E-state index contributed by atoms with van der Waals surface area (Å²) >= 11 is 0. The molecule has 5 heteroatoms. The zero-order valence-electron chi connectivity index (χ0n) is 14.5. The molecule has 3 unspecified atom stereocenters.